The Morgan fingerprint density at radius 2 is 2.06 bits per heavy atom. The van der Waals surface area contributed by atoms with Gasteiger partial charge in [-0.1, -0.05) is 26.2 Å². The van der Waals surface area contributed by atoms with Gasteiger partial charge >= 0.3 is 0 Å². The van der Waals surface area contributed by atoms with Gasteiger partial charge in [0.2, 0.25) is 0 Å². The van der Waals surface area contributed by atoms with E-state index in [-0.39, 0.29) is 0 Å². The van der Waals surface area contributed by atoms with Crippen molar-refractivity contribution in [3.8, 4) is 5.75 Å². The average molecular weight is 255 g/mol. The van der Waals surface area contributed by atoms with Gasteiger partial charge < -0.3 is 4.74 Å². The zero-order valence-corrected chi connectivity index (χ0v) is 11.2. The van der Waals surface area contributed by atoms with Crippen molar-refractivity contribution in [1.82, 2.24) is 0 Å². The number of unbranched alkanes of at least 4 members (excludes halogenated alkanes) is 3. The van der Waals surface area contributed by atoms with E-state index in [9.17, 15) is 4.79 Å². The molecule has 17 heavy (non-hydrogen) atoms. The summed E-state index contributed by atoms with van der Waals surface area (Å²) in [5.74, 6) is 0.806. The zero-order chi connectivity index (χ0) is 12.7. The smallest absolute Gasteiger partial charge is 0.252 e. The van der Waals surface area contributed by atoms with Crippen molar-refractivity contribution in [2.45, 2.75) is 39.5 Å². The Balaban J connectivity index is 2.45. The Morgan fingerprint density at radius 1 is 1.29 bits per heavy atom. The minimum absolute atomic E-state index is 0.419. The molecule has 0 spiro atoms. The van der Waals surface area contributed by atoms with Gasteiger partial charge in [0.25, 0.3) is 5.24 Å². The van der Waals surface area contributed by atoms with Crippen LogP contribution >= 0.6 is 11.6 Å². The van der Waals surface area contributed by atoms with E-state index >= 15 is 0 Å². The Morgan fingerprint density at radius 3 is 2.65 bits per heavy atom. The van der Waals surface area contributed by atoms with Crippen LogP contribution in [0.3, 0.4) is 0 Å². The van der Waals surface area contributed by atoms with E-state index in [2.05, 4.69) is 6.92 Å². The third-order valence-electron chi connectivity index (χ3n) is 2.68. The average Bonchev–Trinajstić information content (AvgIpc) is 2.28. The van der Waals surface area contributed by atoms with E-state index in [1.165, 1.54) is 19.3 Å². The number of hydrogen-bond acceptors (Lipinski definition) is 2. The molecule has 0 heterocycles. The maximum Gasteiger partial charge on any atom is 0.252 e. The highest BCUT2D eigenvalue weighted by Crippen LogP contribution is 2.19. The molecule has 0 bridgehead atoms. The van der Waals surface area contributed by atoms with E-state index in [1.807, 2.05) is 13.0 Å². The molecule has 0 saturated heterocycles. The molecule has 0 unspecified atom stereocenters. The van der Waals surface area contributed by atoms with Crippen LogP contribution in [-0.4, -0.2) is 11.8 Å². The van der Waals surface area contributed by atoms with Crippen LogP contribution in [0, 0.1) is 6.92 Å². The van der Waals surface area contributed by atoms with Gasteiger partial charge in [0.1, 0.15) is 5.75 Å². The van der Waals surface area contributed by atoms with Crippen molar-refractivity contribution in [1.29, 1.82) is 0 Å². The van der Waals surface area contributed by atoms with Gasteiger partial charge in [-0.05, 0) is 48.7 Å². The molecule has 0 radical (unpaired) electrons. The number of aryl methyl sites for hydroxylation is 1. The first-order valence-corrected chi connectivity index (χ1v) is 6.46. The van der Waals surface area contributed by atoms with Crippen LogP contribution in [0.4, 0.5) is 0 Å². The molecule has 0 aliphatic heterocycles. The Hall–Kier alpha value is -1.02. The molecule has 0 amide bonds. The molecule has 2 nitrogen and oxygen atoms in total. The molecule has 0 N–H and O–H groups in total. The first kappa shape index (κ1) is 14.0. The summed E-state index contributed by atoms with van der Waals surface area (Å²) in [7, 11) is 0. The number of carbonyl (C=O) groups is 1. The second-order valence-corrected chi connectivity index (χ2v) is 4.50. The van der Waals surface area contributed by atoms with E-state index in [1.54, 1.807) is 12.1 Å². The minimum Gasteiger partial charge on any atom is -0.494 e. The Kier molecular flexibility index (Phi) is 6.06. The van der Waals surface area contributed by atoms with Gasteiger partial charge in [-0.2, -0.15) is 0 Å². The van der Waals surface area contributed by atoms with Crippen molar-refractivity contribution >= 4 is 16.8 Å². The van der Waals surface area contributed by atoms with Crippen LogP contribution < -0.4 is 4.74 Å². The monoisotopic (exact) mass is 254 g/mol. The third kappa shape index (κ3) is 4.78. The predicted octanol–water partition coefficient (Wildman–Crippen LogP) is 4.33. The summed E-state index contributed by atoms with van der Waals surface area (Å²) in [6.45, 7) is 4.78. The highest BCUT2D eigenvalue weighted by Gasteiger charge is 2.06. The zero-order valence-electron chi connectivity index (χ0n) is 10.5. The second-order valence-electron chi connectivity index (χ2n) is 4.16. The quantitative estimate of drug-likeness (QED) is 0.535. The van der Waals surface area contributed by atoms with E-state index in [4.69, 9.17) is 16.3 Å². The molecule has 0 atom stereocenters. The van der Waals surface area contributed by atoms with Gasteiger partial charge in [-0.25, -0.2) is 0 Å². The second kappa shape index (κ2) is 7.33. The molecule has 0 aliphatic carbocycles. The summed E-state index contributed by atoms with van der Waals surface area (Å²) in [5, 5.41) is -0.419. The predicted molar refractivity (Wildman–Crippen MR) is 71.0 cm³/mol. The van der Waals surface area contributed by atoms with Crippen LogP contribution in [0.1, 0.15) is 48.5 Å². The molecule has 0 aromatic heterocycles. The molecular weight excluding hydrogens is 236 g/mol. The molecule has 94 valence electrons. The summed E-state index contributed by atoms with van der Waals surface area (Å²) >= 11 is 5.44. The van der Waals surface area contributed by atoms with Crippen molar-refractivity contribution in [2.75, 3.05) is 6.61 Å². The number of hydrogen-bond donors (Lipinski definition) is 0. The van der Waals surface area contributed by atoms with E-state index in [0.717, 1.165) is 24.3 Å². The number of benzene rings is 1. The Bertz CT molecular complexity index is 374. The third-order valence-corrected chi connectivity index (χ3v) is 2.88. The lowest BCUT2D eigenvalue weighted by Crippen LogP contribution is -1.99. The molecular formula is C14H19ClO2. The van der Waals surface area contributed by atoms with E-state index < -0.39 is 5.24 Å². The standard InChI is InChI=1S/C14H19ClO2/c1-3-4-5-6-9-17-12-7-8-13(14(15)16)11(2)10-12/h7-8,10H,3-6,9H2,1-2H3. The van der Waals surface area contributed by atoms with Crippen molar-refractivity contribution < 1.29 is 9.53 Å². The molecule has 1 rings (SSSR count). The molecule has 1 aromatic rings. The maximum absolute atomic E-state index is 11.0. The van der Waals surface area contributed by atoms with Crippen LogP contribution in [0.15, 0.2) is 18.2 Å². The van der Waals surface area contributed by atoms with Crippen LogP contribution in [0.2, 0.25) is 0 Å². The molecule has 0 aliphatic rings. The topological polar surface area (TPSA) is 26.3 Å². The van der Waals surface area contributed by atoms with Gasteiger partial charge in [-0.3, -0.25) is 4.79 Å². The van der Waals surface area contributed by atoms with Crippen LogP contribution in [0.25, 0.3) is 0 Å². The largest absolute Gasteiger partial charge is 0.494 e. The highest BCUT2D eigenvalue weighted by atomic mass is 35.5. The molecule has 1 aromatic carbocycles. The van der Waals surface area contributed by atoms with E-state index in [0.29, 0.717) is 5.56 Å². The van der Waals surface area contributed by atoms with Gasteiger partial charge in [0.05, 0.1) is 6.61 Å². The Labute approximate surface area is 108 Å². The normalized spacial score (nSPS) is 10.3. The fourth-order valence-corrected chi connectivity index (χ4v) is 1.88. The van der Waals surface area contributed by atoms with Gasteiger partial charge in [0.15, 0.2) is 0 Å². The highest BCUT2D eigenvalue weighted by molar-refractivity contribution is 6.67. The number of halogens is 1. The van der Waals surface area contributed by atoms with Crippen molar-refractivity contribution in [3.63, 3.8) is 0 Å². The van der Waals surface area contributed by atoms with Gasteiger partial charge in [-0.15, -0.1) is 0 Å². The SMILES string of the molecule is CCCCCCOc1ccc(C(=O)Cl)c(C)c1. The number of carbonyl (C=O) groups excluding carboxylic acids is 1. The lowest BCUT2D eigenvalue weighted by atomic mass is 10.1. The van der Waals surface area contributed by atoms with Crippen molar-refractivity contribution in [2.24, 2.45) is 0 Å². The minimum atomic E-state index is -0.419. The molecule has 3 heteroatoms. The first-order valence-electron chi connectivity index (χ1n) is 6.08. The lowest BCUT2D eigenvalue weighted by Gasteiger charge is -2.08. The maximum atomic E-state index is 11.0. The number of ether oxygens (including phenoxy) is 1. The summed E-state index contributed by atoms with van der Waals surface area (Å²) in [4.78, 5) is 11.0. The van der Waals surface area contributed by atoms with Crippen LogP contribution in [-0.2, 0) is 0 Å². The summed E-state index contributed by atoms with van der Waals surface area (Å²) in [5.41, 5.74) is 1.40. The van der Waals surface area contributed by atoms with Crippen molar-refractivity contribution in [3.05, 3.63) is 29.3 Å². The summed E-state index contributed by atoms with van der Waals surface area (Å²) in [6.07, 6.45) is 4.75. The molecule has 0 saturated carbocycles. The van der Waals surface area contributed by atoms with Crippen LogP contribution in [0.5, 0.6) is 5.75 Å². The lowest BCUT2D eigenvalue weighted by molar-refractivity contribution is 0.108. The first-order chi connectivity index (χ1) is 8.15. The van der Waals surface area contributed by atoms with Gasteiger partial charge in [0, 0.05) is 5.56 Å². The number of rotatable bonds is 7. The summed E-state index contributed by atoms with van der Waals surface area (Å²) < 4.78 is 5.61. The fourth-order valence-electron chi connectivity index (χ4n) is 1.67. The molecule has 0 fully saturated rings. The fraction of sp³-hybridized carbons (Fsp3) is 0.500. The summed E-state index contributed by atoms with van der Waals surface area (Å²) in [6, 6.07) is 5.36.